The minimum atomic E-state index is -0.990. The van der Waals surface area contributed by atoms with Gasteiger partial charge >= 0.3 is 0 Å². The molecule has 2 nitrogen and oxygen atoms in total. The molecule has 20 heavy (non-hydrogen) atoms. The van der Waals surface area contributed by atoms with E-state index in [2.05, 4.69) is 21.2 Å². The Labute approximate surface area is 124 Å². The quantitative estimate of drug-likeness (QED) is 0.862. The molecule has 0 heterocycles. The highest BCUT2D eigenvalue weighted by atomic mass is 79.9. The molecule has 1 unspecified atom stereocenters. The van der Waals surface area contributed by atoms with Crippen LogP contribution in [0.2, 0.25) is 0 Å². The van der Waals surface area contributed by atoms with Gasteiger partial charge in [-0.15, -0.1) is 0 Å². The molecule has 0 aromatic heterocycles. The van der Waals surface area contributed by atoms with Crippen LogP contribution in [0.1, 0.15) is 18.5 Å². The molecule has 1 atom stereocenters. The van der Waals surface area contributed by atoms with Crippen LogP contribution in [-0.2, 0) is 0 Å². The molecule has 0 amide bonds. The molecule has 106 valence electrons. The molecule has 0 saturated heterocycles. The number of ether oxygens (including phenoxy) is 1. The normalized spacial score (nSPS) is 12.2. The molecule has 2 aromatic rings. The van der Waals surface area contributed by atoms with Crippen molar-refractivity contribution in [3.8, 4) is 11.5 Å². The van der Waals surface area contributed by atoms with Gasteiger partial charge in [0.05, 0.1) is 0 Å². The van der Waals surface area contributed by atoms with E-state index >= 15 is 0 Å². The number of hydrogen-bond acceptors (Lipinski definition) is 2. The van der Waals surface area contributed by atoms with Gasteiger partial charge < -0.3 is 10.1 Å². The maximum absolute atomic E-state index is 13.7. The lowest BCUT2D eigenvalue weighted by Crippen LogP contribution is -2.13. The fourth-order valence-electron chi connectivity index (χ4n) is 1.79. The van der Waals surface area contributed by atoms with Crippen LogP contribution >= 0.6 is 15.9 Å². The van der Waals surface area contributed by atoms with Crippen LogP contribution < -0.4 is 10.1 Å². The molecule has 5 heteroatoms. The Morgan fingerprint density at radius 3 is 2.60 bits per heavy atom. The van der Waals surface area contributed by atoms with Crippen molar-refractivity contribution in [2.75, 3.05) is 7.05 Å². The fourth-order valence-corrected chi connectivity index (χ4v) is 2.13. The molecular formula is C15H14BrF2NO. The second kappa shape index (κ2) is 6.33. The summed E-state index contributed by atoms with van der Waals surface area (Å²) in [6.07, 6.45) is 0. The van der Waals surface area contributed by atoms with Crippen LogP contribution in [0.4, 0.5) is 8.78 Å². The van der Waals surface area contributed by atoms with Gasteiger partial charge in [-0.05, 0) is 38.2 Å². The van der Waals surface area contributed by atoms with E-state index in [0.29, 0.717) is 5.75 Å². The summed E-state index contributed by atoms with van der Waals surface area (Å²) in [6.45, 7) is 1.96. The van der Waals surface area contributed by atoms with E-state index in [4.69, 9.17) is 4.74 Å². The summed E-state index contributed by atoms with van der Waals surface area (Å²) in [5.74, 6) is -1.57. The predicted molar refractivity (Wildman–Crippen MR) is 78.0 cm³/mol. The Morgan fingerprint density at radius 1 is 1.15 bits per heavy atom. The van der Waals surface area contributed by atoms with E-state index in [1.807, 2.05) is 26.1 Å². The first-order valence-corrected chi connectivity index (χ1v) is 6.90. The van der Waals surface area contributed by atoms with E-state index in [1.54, 1.807) is 6.07 Å². The van der Waals surface area contributed by atoms with Gasteiger partial charge in [0.1, 0.15) is 5.75 Å². The number of halogens is 3. The number of hydrogen-bond donors (Lipinski definition) is 1. The monoisotopic (exact) mass is 341 g/mol. The highest BCUT2D eigenvalue weighted by Crippen LogP contribution is 2.33. The van der Waals surface area contributed by atoms with Gasteiger partial charge in [0.15, 0.2) is 11.6 Å². The SMILES string of the molecule is CNC(C)c1ccc(Br)cc1Oc1cccc(F)c1F. The molecule has 1 N–H and O–H groups in total. The molecular weight excluding hydrogens is 328 g/mol. The summed E-state index contributed by atoms with van der Waals surface area (Å²) in [5, 5.41) is 3.09. The first kappa shape index (κ1) is 14.9. The Hall–Kier alpha value is -1.46. The van der Waals surface area contributed by atoms with Crippen LogP contribution in [0.25, 0.3) is 0 Å². The lowest BCUT2D eigenvalue weighted by molar-refractivity contribution is 0.409. The number of benzene rings is 2. The molecule has 2 aromatic carbocycles. The number of nitrogens with one attached hydrogen (secondary N) is 1. The molecule has 0 aliphatic heterocycles. The zero-order valence-corrected chi connectivity index (χ0v) is 12.7. The third kappa shape index (κ3) is 3.16. The number of rotatable bonds is 4. The predicted octanol–water partition coefficient (Wildman–Crippen LogP) is 4.80. The molecule has 0 saturated carbocycles. The van der Waals surface area contributed by atoms with Crippen LogP contribution in [-0.4, -0.2) is 7.05 Å². The minimum absolute atomic E-state index is 0.0229. The van der Waals surface area contributed by atoms with E-state index < -0.39 is 11.6 Å². The van der Waals surface area contributed by atoms with Gasteiger partial charge in [-0.2, -0.15) is 4.39 Å². The van der Waals surface area contributed by atoms with Crippen LogP contribution in [0.15, 0.2) is 40.9 Å². The lowest BCUT2D eigenvalue weighted by Gasteiger charge is -2.17. The van der Waals surface area contributed by atoms with Crippen LogP contribution in [0.3, 0.4) is 0 Å². The van der Waals surface area contributed by atoms with Gasteiger partial charge in [0.25, 0.3) is 0 Å². The molecule has 0 radical (unpaired) electrons. The average molecular weight is 342 g/mol. The van der Waals surface area contributed by atoms with Crippen molar-refractivity contribution < 1.29 is 13.5 Å². The topological polar surface area (TPSA) is 21.3 Å². The minimum Gasteiger partial charge on any atom is -0.454 e. The Kier molecular flexibility index (Phi) is 4.73. The fraction of sp³-hybridized carbons (Fsp3) is 0.200. The van der Waals surface area contributed by atoms with Crippen molar-refractivity contribution in [3.63, 3.8) is 0 Å². The van der Waals surface area contributed by atoms with Crippen LogP contribution in [0.5, 0.6) is 11.5 Å². The van der Waals surface area contributed by atoms with Gasteiger partial charge in [0, 0.05) is 16.1 Å². The van der Waals surface area contributed by atoms with Crippen molar-refractivity contribution >= 4 is 15.9 Å². The summed E-state index contributed by atoms with van der Waals surface area (Å²) in [7, 11) is 1.82. The molecule has 2 rings (SSSR count). The van der Waals surface area contributed by atoms with E-state index in [1.165, 1.54) is 12.1 Å². The Morgan fingerprint density at radius 2 is 1.90 bits per heavy atom. The zero-order valence-electron chi connectivity index (χ0n) is 11.1. The Balaban J connectivity index is 2.42. The van der Waals surface area contributed by atoms with Gasteiger partial charge in [-0.3, -0.25) is 0 Å². The third-order valence-corrected chi connectivity index (χ3v) is 3.50. The second-order valence-electron chi connectivity index (χ2n) is 4.35. The first-order chi connectivity index (χ1) is 9.52. The second-order valence-corrected chi connectivity index (χ2v) is 5.26. The van der Waals surface area contributed by atoms with E-state index in [-0.39, 0.29) is 11.8 Å². The average Bonchev–Trinajstić information content (AvgIpc) is 2.43. The Bertz CT molecular complexity index is 619. The summed E-state index contributed by atoms with van der Waals surface area (Å²) in [5.41, 5.74) is 0.861. The largest absolute Gasteiger partial charge is 0.454 e. The third-order valence-electron chi connectivity index (χ3n) is 3.01. The maximum Gasteiger partial charge on any atom is 0.201 e. The van der Waals surface area contributed by atoms with Crippen molar-refractivity contribution in [1.82, 2.24) is 5.32 Å². The summed E-state index contributed by atoms with van der Waals surface area (Å²) in [4.78, 5) is 0. The van der Waals surface area contributed by atoms with Gasteiger partial charge in [0.2, 0.25) is 5.82 Å². The standard InChI is InChI=1S/C15H14BrF2NO/c1-9(19-2)11-7-6-10(16)8-14(11)20-13-5-3-4-12(17)15(13)18/h3-9,19H,1-2H3. The van der Waals surface area contributed by atoms with Crippen LogP contribution in [0, 0.1) is 11.6 Å². The van der Waals surface area contributed by atoms with Gasteiger partial charge in [-0.1, -0.05) is 28.1 Å². The van der Waals surface area contributed by atoms with Gasteiger partial charge in [-0.25, -0.2) is 4.39 Å². The lowest BCUT2D eigenvalue weighted by atomic mass is 10.1. The maximum atomic E-state index is 13.7. The van der Waals surface area contributed by atoms with E-state index in [0.717, 1.165) is 16.1 Å². The zero-order chi connectivity index (χ0) is 14.7. The molecule has 0 fully saturated rings. The first-order valence-electron chi connectivity index (χ1n) is 6.11. The molecule has 0 aliphatic carbocycles. The molecule has 0 aliphatic rings. The highest BCUT2D eigenvalue weighted by molar-refractivity contribution is 9.10. The summed E-state index contributed by atoms with van der Waals surface area (Å²) < 4.78 is 33.2. The van der Waals surface area contributed by atoms with E-state index in [9.17, 15) is 8.78 Å². The summed E-state index contributed by atoms with van der Waals surface area (Å²) >= 11 is 3.35. The van der Waals surface area contributed by atoms with Crippen molar-refractivity contribution in [1.29, 1.82) is 0 Å². The summed E-state index contributed by atoms with van der Waals surface area (Å²) in [6, 6.07) is 9.36. The van der Waals surface area contributed by atoms with Crippen molar-refractivity contribution in [2.45, 2.75) is 13.0 Å². The van der Waals surface area contributed by atoms with Crippen molar-refractivity contribution in [3.05, 3.63) is 58.1 Å². The molecule has 0 bridgehead atoms. The molecule has 0 spiro atoms. The van der Waals surface area contributed by atoms with Crippen molar-refractivity contribution in [2.24, 2.45) is 0 Å². The highest BCUT2D eigenvalue weighted by Gasteiger charge is 2.15. The smallest absolute Gasteiger partial charge is 0.201 e.